The highest BCUT2D eigenvalue weighted by molar-refractivity contribution is 5.75. The fourth-order valence-electron chi connectivity index (χ4n) is 1.64. The lowest BCUT2D eigenvalue weighted by atomic mass is 9.94. The van der Waals surface area contributed by atoms with Gasteiger partial charge in [0.15, 0.2) is 0 Å². The largest absolute Gasteiger partial charge is 0.317 e. The molecule has 0 atom stereocenters. The summed E-state index contributed by atoms with van der Waals surface area (Å²) < 4.78 is 0. The Bertz CT molecular complexity index is 164. The second-order valence-electron chi connectivity index (χ2n) is 3.83. The summed E-state index contributed by atoms with van der Waals surface area (Å²) >= 11 is 0. The number of hydrogen-bond donors (Lipinski definition) is 2. The first-order valence-electron chi connectivity index (χ1n) is 4.86. The molecule has 4 nitrogen and oxygen atoms in total. The van der Waals surface area contributed by atoms with Crippen LogP contribution in [0.15, 0.2) is 0 Å². The summed E-state index contributed by atoms with van der Waals surface area (Å²) in [5.74, 6) is 0.707. The number of carbonyl (C=O) groups excluding carboxylic acids is 1. The molecule has 0 radical (unpaired) electrons. The van der Waals surface area contributed by atoms with Crippen LogP contribution in [0.2, 0.25) is 0 Å². The summed E-state index contributed by atoms with van der Waals surface area (Å²) in [6, 6.07) is 0. The maximum Gasteiger partial charge on any atom is 0.234 e. The van der Waals surface area contributed by atoms with Gasteiger partial charge in [-0.15, -0.1) is 0 Å². The van der Waals surface area contributed by atoms with Crippen molar-refractivity contribution in [3.05, 3.63) is 0 Å². The fraction of sp³-hybridized carbons (Fsp3) is 0.889. The molecule has 1 heterocycles. The topological polar surface area (TPSA) is 44.4 Å². The average Bonchev–Trinajstić information content (AvgIpc) is 2.04. The van der Waals surface area contributed by atoms with Crippen LogP contribution >= 0.6 is 0 Å². The highest BCUT2D eigenvalue weighted by atomic mass is 16.2. The maximum atomic E-state index is 11.3. The van der Waals surface area contributed by atoms with E-state index in [1.165, 1.54) is 0 Å². The number of hydrogen-bond acceptors (Lipinski definition) is 3. The zero-order valence-corrected chi connectivity index (χ0v) is 8.47. The van der Waals surface area contributed by atoms with E-state index in [2.05, 4.69) is 10.7 Å². The molecule has 0 spiro atoms. The molecule has 0 aromatic carbocycles. The molecular weight excluding hydrogens is 166 g/mol. The normalized spacial score (nSPS) is 19.0. The highest BCUT2D eigenvalue weighted by Gasteiger charge is 2.16. The number of carbonyl (C=O) groups is 1. The molecule has 2 N–H and O–H groups in total. The van der Waals surface area contributed by atoms with Gasteiger partial charge in [-0.2, -0.15) is 0 Å². The summed E-state index contributed by atoms with van der Waals surface area (Å²) in [6.45, 7) is 2.11. The predicted octanol–water partition coefficient (Wildman–Crippen LogP) is -0.0311. The molecule has 0 bridgehead atoms. The van der Waals surface area contributed by atoms with Gasteiger partial charge in [-0.25, -0.2) is 5.01 Å². The van der Waals surface area contributed by atoms with Gasteiger partial charge in [0.05, 0.1) is 0 Å². The number of amides is 1. The van der Waals surface area contributed by atoms with Crippen molar-refractivity contribution in [3.8, 4) is 0 Å². The minimum Gasteiger partial charge on any atom is -0.317 e. The summed E-state index contributed by atoms with van der Waals surface area (Å²) in [7, 11) is 3.67. The van der Waals surface area contributed by atoms with E-state index in [9.17, 15) is 4.79 Å². The molecule has 0 aromatic heterocycles. The predicted molar refractivity (Wildman–Crippen MR) is 52.0 cm³/mol. The molecule has 1 aliphatic rings. The van der Waals surface area contributed by atoms with Gasteiger partial charge in [0.2, 0.25) is 5.91 Å². The molecule has 0 saturated carbocycles. The minimum atomic E-state index is 0.136. The van der Waals surface area contributed by atoms with Crippen LogP contribution in [0, 0.1) is 5.92 Å². The zero-order chi connectivity index (χ0) is 9.68. The van der Waals surface area contributed by atoms with Crippen LogP contribution in [0.25, 0.3) is 0 Å². The number of rotatable bonds is 3. The van der Waals surface area contributed by atoms with Crippen LogP contribution in [0.3, 0.4) is 0 Å². The summed E-state index contributed by atoms with van der Waals surface area (Å²) in [6.07, 6.45) is 2.92. The van der Waals surface area contributed by atoms with Crippen molar-refractivity contribution in [3.63, 3.8) is 0 Å². The van der Waals surface area contributed by atoms with Gasteiger partial charge in [0, 0.05) is 20.5 Å². The monoisotopic (exact) mass is 185 g/mol. The Hall–Kier alpha value is -0.610. The fourth-order valence-corrected chi connectivity index (χ4v) is 1.64. The first-order valence-corrected chi connectivity index (χ1v) is 4.86. The van der Waals surface area contributed by atoms with Gasteiger partial charge in [-0.3, -0.25) is 10.2 Å². The van der Waals surface area contributed by atoms with Gasteiger partial charge in [-0.1, -0.05) is 0 Å². The van der Waals surface area contributed by atoms with Gasteiger partial charge in [-0.05, 0) is 31.8 Å². The standard InChI is InChI=1S/C9H19N3O/c1-12(2)11-9(13)7-8-3-5-10-6-4-8/h8,10H,3-7H2,1-2H3,(H,11,13). The molecule has 1 saturated heterocycles. The van der Waals surface area contributed by atoms with Crippen LogP contribution in [0.1, 0.15) is 19.3 Å². The van der Waals surface area contributed by atoms with Crippen LogP contribution in [-0.4, -0.2) is 38.1 Å². The molecule has 13 heavy (non-hydrogen) atoms. The molecule has 1 rings (SSSR count). The lowest BCUT2D eigenvalue weighted by Crippen LogP contribution is -2.38. The molecule has 0 unspecified atom stereocenters. The Morgan fingerprint density at radius 2 is 2.08 bits per heavy atom. The van der Waals surface area contributed by atoms with E-state index in [0.717, 1.165) is 25.9 Å². The molecule has 1 fully saturated rings. The van der Waals surface area contributed by atoms with Crippen molar-refractivity contribution in [2.75, 3.05) is 27.2 Å². The molecule has 76 valence electrons. The lowest BCUT2D eigenvalue weighted by Gasteiger charge is -2.22. The third-order valence-electron chi connectivity index (χ3n) is 2.28. The second-order valence-corrected chi connectivity index (χ2v) is 3.83. The Morgan fingerprint density at radius 1 is 1.46 bits per heavy atom. The van der Waals surface area contributed by atoms with E-state index in [-0.39, 0.29) is 5.91 Å². The first kappa shape index (κ1) is 10.5. The van der Waals surface area contributed by atoms with Crippen LogP contribution in [0.5, 0.6) is 0 Å². The summed E-state index contributed by atoms with van der Waals surface area (Å²) in [4.78, 5) is 11.3. The SMILES string of the molecule is CN(C)NC(=O)CC1CCNCC1. The zero-order valence-electron chi connectivity index (χ0n) is 8.47. The molecule has 1 amide bonds. The van der Waals surface area contributed by atoms with Gasteiger partial charge >= 0.3 is 0 Å². The Balaban J connectivity index is 2.18. The van der Waals surface area contributed by atoms with E-state index in [0.29, 0.717) is 12.3 Å². The molecule has 0 aliphatic carbocycles. The number of nitrogens with one attached hydrogen (secondary N) is 2. The van der Waals surface area contributed by atoms with Crippen molar-refractivity contribution >= 4 is 5.91 Å². The van der Waals surface area contributed by atoms with E-state index >= 15 is 0 Å². The van der Waals surface area contributed by atoms with Crippen LogP contribution in [0.4, 0.5) is 0 Å². The quantitative estimate of drug-likeness (QED) is 0.607. The van der Waals surface area contributed by atoms with Crippen molar-refractivity contribution in [2.45, 2.75) is 19.3 Å². The van der Waals surface area contributed by atoms with Gasteiger partial charge < -0.3 is 5.32 Å². The number of piperidine rings is 1. The first-order chi connectivity index (χ1) is 6.18. The third-order valence-corrected chi connectivity index (χ3v) is 2.28. The van der Waals surface area contributed by atoms with Crippen molar-refractivity contribution in [2.24, 2.45) is 5.92 Å². The average molecular weight is 185 g/mol. The lowest BCUT2D eigenvalue weighted by molar-refractivity contribution is -0.125. The number of hydrazine groups is 1. The van der Waals surface area contributed by atoms with E-state index in [1.807, 2.05) is 14.1 Å². The molecule has 0 aromatic rings. The Kier molecular flexibility index (Phi) is 4.18. The van der Waals surface area contributed by atoms with E-state index < -0.39 is 0 Å². The van der Waals surface area contributed by atoms with Gasteiger partial charge in [0.1, 0.15) is 0 Å². The molecule has 1 aliphatic heterocycles. The maximum absolute atomic E-state index is 11.3. The highest BCUT2D eigenvalue weighted by Crippen LogP contribution is 2.15. The summed E-state index contributed by atoms with van der Waals surface area (Å²) in [5, 5.41) is 4.98. The second kappa shape index (κ2) is 5.19. The Morgan fingerprint density at radius 3 is 2.62 bits per heavy atom. The number of nitrogens with zero attached hydrogens (tertiary/aromatic N) is 1. The van der Waals surface area contributed by atoms with E-state index in [4.69, 9.17) is 0 Å². The van der Waals surface area contributed by atoms with Crippen molar-refractivity contribution in [1.29, 1.82) is 0 Å². The van der Waals surface area contributed by atoms with Crippen LogP contribution < -0.4 is 10.7 Å². The van der Waals surface area contributed by atoms with Gasteiger partial charge in [0.25, 0.3) is 0 Å². The molecular formula is C9H19N3O. The smallest absolute Gasteiger partial charge is 0.234 e. The van der Waals surface area contributed by atoms with E-state index in [1.54, 1.807) is 5.01 Å². The third kappa shape index (κ3) is 4.24. The Labute approximate surface area is 79.6 Å². The molecule has 4 heteroatoms. The summed E-state index contributed by atoms with van der Waals surface area (Å²) in [5.41, 5.74) is 2.76. The van der Waals surface area contributed by atoms with Crippen LogP contribution in [-0.2, 0) is 4.79 Å². The van der Waals surface area contributed by atoms with Crippen molar-refractivity contribution in [1.82, 2.24) is 15.8 Å². The van der Waals surface area contributed by atoms with Crippen molar-refractivity contribution < 1.29 is 4.79 Å². The minimum absolute atomic E-state index is 0.136.